The van der Waals surface area contributed by atoms with Crippen LogP contribution in [0.3, 0.4) is 0 Å². The Balaban J connectivity index is 2.24. The fourth-order valence-electron chi connectivity index (χ4n) is 2.01. The van der Waals surface area contributed by atoms with E-state index in [1.807, 2.05) is 29.6 Å². The Morgan fingerprint density at radius 2 is 2.05 bits per heavy atom. The first-order valence-corrected chi connectivity index (χ1v) is 7.39. The largest absolute Gasteiger partial charge is 0.497 e. The van der Waals surface area contributed by atoms with Crippen molar-refractivity contribution in [3.05, 3.63) is 46.4 Å². The van der Waals surface area contributed by atoms with E-state index in [1.54, 1.807) is 19.5 Å². The number of benzene rings is 1. The third-order valence-electron chi connectivity index (χ3n) is 3.37. The highest BCUT2D eigenvalue weighted by atomic mass is 32.1. The summed E-state index contributed by atoms with van der Waals surface area (Å²) in [7, 11) is 2.99. The maximum absolute atomic E-state index is 12.2. The molecule has 0 fully saturated rings. The molecule has 0 aliphatic rings. The van der Waals surface area contributed by atoms with E-state index in [0.717, 1.165) is 17.0 Å². The van der Waals surface area contributed by atoms with Crippen molar-refractivity contribution in [2.45, 2.75) is 19.0 Å². The van der Waals surface area contributed by atoms with Gasteiger partial charge in [0.25, 0.3) is 0 Å². The van der Waals surface area contributed by atoms with Crippen LogP contribution in [0, 0.1) is 0 Å². The van der Waals surface area contributed by atoms with Crippen molar-refractivity contribution < 1.29 is 14.3 Å². The van der Waals surface area contributed by atoms with Crippen molar-refractivity contribution in [2.24, 2.45) is 0 Å². The van der Waals surface area contributed by atoms with Crippen LogP contribution in [-0.4, -0.2) is 25.2 Å². The Hall–Kier alpha value is -1.92. The summed E-state index contributed by atoms with van der Waals surface area (Å²) >= 11 is 1.52. The molecular weight excluding hydrogens is 288 g/mol. The van der Waals surface area contributed by atoms with Crippen LogP contribution in [0.4, 0.5) is 0 Å². The van der Waals surface area contributed by atoms with Gasteiger partial charge in [-0.25, -0.2) is 9.78 Å². The summed E-state index contributed by atoms with van der Waals surface area (Å²) in [5, 5.41) is 5.17. The van der Waals surface area contributed by atoms with Crippen LogP contribution in [0.25, 0.3) is 0 Å². The number of esters is 1. The Bertz CT molecular complexity index is 583. The average Bonchev–Trinajstić information content (AvgIpc) is 3.05. The Kier molecular flexibility index (Phi) is 4.93. The monoisotopic (exact) mass is 306 g/mol. The van der Waals surface area contributed by atoms with Crippen LogP contribution in [0.5, 0.6) is 5.75 Å². The van der Waals surface area contributed by atoms with Crippen molar-refractivity contribution in [2.75, 3.05) is 14.2 Å². The molecule has 1 aromatic heterocycles. The number of nitrogens with one attached hydrogen (secondary N) is 1. The van der Waals surface area contributed by atoms with E-state index in [-0.39, 0.29) is 5.97 Å². The second kappa shape index (κ2) is 6.69. The summed E-state index contributed by atoms with van der Waals surface area (Å²) in [5.74, 6) is 0.397. The summed E-state index contributed by atoms with van der Waals surface area (Å²) in [6, 6.07) is 7.34. The van der Waals surface area contributed by atoms with E-state index in [2.05, 4.69) is 10.3 Å². The molecule has 0 aliphatic carbocycles. The van der Waals surface area contributed by atoms with E-state index in [0.29, 0.717) is 6.54 Å². The lowest BCUT2D eigenvalue weighted by molar-refractivity contribution is -0.148. The highest BCUT2D eigenvalue weighted by Crippen LogP contribution is 2.25. The van der Waals surface area contributed by atoms with Gasteiger partial charge in [0, 0.05) is 11.9 Å². The number of hydrogen-bond acceptors (Lipinski definition) is 6. The highest BCUT2D eigenvalue weighted by molar-refractivity contribution is 7.07. The molecule has 0 saturated carbocycles. The van der Waals surface area contributed by atoms with Crippen molar-refractivity contribution in [1.29, 1.82) is 0 Å². The molecule has 0 aliphatic heterocycles. The minimum atomic E-state index is -0.940. The number of rotatable bonds is 6. The first kappa shape index (κ1) is 15.5. The SMILES string of the molecule is COC(=O)[C@](C)(NCc1cscn1)c1ccc(OC)cc1. The Morgan fingerprint density at radius 1 is 1.33 bits per heavy atom. The molecule has 2 aromatic rings. The number of ether oxygens (including phenoxy) is 2. The van der Waals surface area contributed by atoms with Gasteiger partial charge in [-0.2, -0.15) is 0 Å². The molecule has 1 heterocycles. The van der Waals surface area contributed by atoms with Gasteiger partial charge in [0.2, 0.25) is 0 Å². The minimum Gasteiger partial charge on any atom is -0.497 e. The van der Waals surface area contributed by atoms with Crippen LogP contribution < -0.4 is 10.1 Å². The maximum Gasteiger partial charge on any atom is 0.330 e. The number of thiazole rings is 1. The summed E-state index contributed by atoms with van der Waals surface area (Å²) in [6.45, 7) is 2.29. The summed E-state index contributed by atoms with van der Waals surface area (Å²) in [5.41, 5.74) is 2.53. The van der Waals surface area contributed by atoms with Gasteiger partial charge in [-0.1, -0.05) is 12.1 Å². The molecule has 0 saturated heterocycles. The zero-order chi connectivity index (χ0) is 15.3. The normalized spacial score (nSPS) is 13.5. The van der Waals surface area contributed by atoms with Gasteiger partial charge in [-0.3, -0.25) is 5.32 Å². The second-order valence-corrected chi connectivity index (χ2v) is 5.40. The van der Waals surface area contributed by atoms with Gasteiger partial charge in [-0.05, 0) is 24.6 Å². The molecule has 1 N–H and O–H groups in total. The van der Waals surface area contributed by atoms with Gasteiger partial charge < -0.3 is 9.47 Å². The van der Waals surface area contributed by atoms with E-state index in [9.17, 15) is 4.79 Å². The number of hydrogen-bond donors (Lipinski definition) is 1. The van der Waals surface area contributed by atoms with Crippen LogP contribution in [-0.2, 0) is 21.6 Å². The van der Waals surface area contributed by atoms with E-state index >= 15 is 0 Å². The number of carbonyl (C=O) groups excluding carboxylic acids is 1. The van der Waals surface area contributed by atoms with Crippen molar-refractivity contribution in [1.82, 2.24) is 10.3 Å². The van der Waals surface area contributed by atoms with Crippen molar-refractivity contribution in [3.63, 3.8) is 0 Å². The molecule has 5 nitrogen and oxygen atoms in total. The first-order chi connectivity index (χ1) is 10.1. The molecule has 21 heavy (non-hydrogen) atoms. The van der Waals surface area contributed by atoms with E-state index < -0.39 is 5.54 Å². The number of nitrogens with zero attached hydrogens (tertiary/aromatic N) is 1. The number of aromatic nitrogens is 1. The quantitative estimate of drug-likeness (QED) is 0.830. The molecule has 0 spiro atoms. The van der Waals surface area contributed by atoms with Crippen molar-refractivity contribution in [3.8, 4) is 5.75 Å². The lowest BCUT2D eigenvalue weighted by Gasteiger charge is -2.28. The highest BCUT2D eigenvalue weighted by Gasteiger charge is 2.36. The minimum absolute atomic E-state index is 0.345. The molecule has 1 atom stereocenters. The summed E-state index contributed by atoms with van der Waals surface area (Å²) < 4.78 is 10.1. The molecule has 0 amide bonds. The summed E-state index contributed by atoms with van der Waals surface area (Å²) in [4.78, 5) is 16.4. The summed E-state index contributed by atoms with van der Waals surface area (Å²) in [6.07, 6.45) is 0. The van der Waals surface area contributed by atoms with Crippen LogP contribution >= 0.6 is 11.3 Å². The van der Waals surface area contributed by atoms with E-state index in [4.69, 9.17) is 9.47 Å². The second-order valence-electron chi connectivity index (χ2n) is 4.68. The number of methoxy groups -OCH3 is 2. The molecule has 0 radical (unpaired) electrons. The molecule has 6 heteroatoms. The number of carbonyl (C=O) groups is 1. The van der Waals surface area contributed by atoms with Gasteiger partial charge in [0.15, 0.2) is 0 Å². The van der Waals surface area contributed by atoms with Crippen molar-refractivity contribution >= 4 is 17.3 Å². The average molecular weight is 306 g/mol. The zero-order valence-electron chi connectivity index (χ0n) is 12.3. The lowest BCUT2D eigenvalue weighted by atomic mass is 9.91. The van der Waals surface area contributed by atoms with Crippen LogP contribution in [0.15, 0.2) is 35.2 Å². The first-order valence-electron chi connectivity index (χ1n) is 6.45. The Labute approximate surface area is 127 Å². The molecule has 0 bridgehead atoms. The third kappa shape index (κ3) is 3.40. The van der Waals surface area contributed by atoms with Gasteiger partial charge >= 0.3 is 5.97 Å². The molecular formula is C15H18N2O3S. The Morgan fingerprint density at radius 3 is 2.57 bits per heavy atom. The van der Waals surface area contributed by atoms with Crippen LogP contribution in [0.2, 0.25) is 0 Å². The zero-order valence-corrected chi connectivity index (χ0v) is 13.1. The third-order valence-corrected chi connectivity index (χ3v) is 4.00. The topological polar surface area (TPSA) is 60.5 Å². The predicted molar refractivity (Wildman–Crippen MR) is 81.3 cm³/mol. The van der Waals surface area contributed by atoms with Gasteiger partial charge in [0.05, 0.1) is 25.4 Å². The standard InChI is InChI=1S/C15H18N2O3S/c1-15(14(18)20-3,17-8-12-9-21-10-16-12)11-4-6-13(19-2)7-5-11/h4-7,9-10,17H,8H2,1-3H3/t15-/m1/s1. The predicted octanol–water partition coefficient (Wildman–Crippen LogP) is 2.33. The molecule has 1 aromatic carbocycles. The van der Waals surface area contributed by atoms with Gasteiger partial charge in [0.1, 0.15) is 11.3 Å². The molecule has 2 rings (SSSR count). The smallest absolute Gasteiger partial charge is 0.330 e. The van der Waals surface area contributed by atoms with E-state index in [1.165, 1.54) is 18.4 Å². The molecule has 0 unspecified atom stereocenters. The maximum atomic E-state index is 12.2. The lowest BCUT2D eigenvalue weighted by Crippen LogP contribution is -2.47. The van der Waals surface area contributed by atoms with Gasteiger partial charge in [-0.15, -0.1) is 11.3 Å². The van der Waals surface area contributed by atoms with Crippen LogP contribution in [0.1, 0.15) is 18.2 Å². The fraction of sp³-hybridized carbons (Fsp3) is 0.333. The molecule has 112 valence electrons. The fourth-order valence-corrected chi connectivity index (χ4v) is 2.57.